The molecule has 1 unspecified atom stereocenters. The topological polar surface area (TPSA) is 53.8 Å². The van der Waals surface area contributed by atoms with Crippen molar-refractivity contribution in [3.05, 3.63) is 63.9 Å². The van der Waals surface area contributed by atoms with Gasteiger partial charge in [-0.3, -0.25) is 9.78 Å². The van der Waals surface area contributed by atoms with E-state index in [2.05, 4.69) is 20.9 Å². The highest BCUT2D eigenvalue weighted by molar-refractivity contribution is 9.10. The zero-order valence-electron chi connectivity index (χ0n) is 9.98. The van der Waals surface area contributed by atoms with E-state index < -0.39 is 28.9 Å². The SMILES string of the molecule is N#CC(C(=O)c1c(F)cc(Br)cc1F)c1ccncc1. The standard InChI is InChI=1S/C14H7BrF2N2O/c15-9-5-11(16)13(12(17)6-9)14(20)10(7-18)8-1-3-19-4-2-8/h1-6,10H. The molecule has 6 heteroatoms. The van der Waals surface area contributed by atoms with E-state index in [1.807, 2.05) is 0 Å². The number of benzene rings is 1. The quantitative estimate of drug-likeness (QED) is 0.804. The molecule has 1 aromatic carbocycles. The van der Waals surface area contributed by atoms with Gasteiger partial charge in [-0.2, -0.15) is 5.26 Å². The molecular formula is C14H7BrF2N2O. The average Bonchev–Trinajstić information content (AvgIpc) is 2.39. The van der Waals surface area contributed by atoms with Crippen LogP contribution >= 0.6 is 15.9 Å². The first kappa shape index (κ1) is 14.3. The van der Waals surface area contributed by atoms with E-state index in [-0.39, 0.29) is 4.47 Å². The number of rotatable bonds is 3. The Kier molecular flexibility index (Phi) is 4.20. The molecule has 0 spiro atoms. The molecule has 2 rings (SSSR count). The van der Waals surface area contributed by atoms with Crippen LogP contribution in [0, 0.1) is 23.0 Å². The molecule has 0 aliphatic carbocycles. The molecule has 0 aliphatic heterocycles. The number of carbonyl (C=O) groups excluding carboxylic acids is 1. The van der Waals surface area contributed by atoms with Crippen molar-refractivity contribution in [1.82, 2.24) is 4.98 Å². The first-order chi connectivity index (χ1) is 9.54. The third-order valence-electron chi connectivity index (χ3n) is 2.68. The molecule has 0 fully saturated rings. The van der Waals surface area contributed by atoms with Crippen molar-refractivity contribution < 1.29 is 13.6 Å². The summed E-state index contributed by atoms with van der Waals surface area (Å²) in [5.74, 6) is -4.20. The molecule has 0 N–H and O–H groups in total. The largest absolute Gasteiger partial charge is 0.292 e. The van der Waals surface area contributed by atoms with E-state index in [4.69, 9.17) is 5.26 Å². The van der Waals surface area contributed by atoms with E-state index in [1.165, 1.54) is 24.5 Å². The third kappa shape index (κ3) is 2.73. The van der Waals surface area contributed by atoms with Gasteiger partial charge in [-0.1, -0.05) is 15.9 Å². The summed E-state index contributed by atoms with van der Waals surface area (Å²) in [4.78, 5) is 16.0. The molecule has 2 aromatic rings. The van der Waals surface area contributed by atoms with Crippen LogP contribution in [0.5, 0.6) is 0 Å². The highest BCUT2D eigenvalue weighted by Gasteiger charge is 2.27. The number of nitrogens with zero attached hydrogens (tertiary/aromatic N) is 2. The number of pyridine rings is 1. The minimum Gasteiger partial charge on any atom is -0.292 e. The van der Waals surface area contributed by atoms with E-state index in [0.29, 0.717) is 5.56 Å². The Bertz CT molecular complexity index is 675. The lowest BCUT2D eigenvalue weighted by Crippen LogP contribution is -2.15. The Balaban J connectivity index is 2.48. The van der Waals surface area contributed by atoms with Crippen molar-refractivity contribution in [2.75, 3.05) is 0 Å². The molecule has 0 amide bonds. The molecule has 0 radical (unpaired) electrons. The second kappa shape index (κ2) is 5.88. The Morgan fingerprint density at radius 1 is 1.25 bits per heavy atom. The molecule has 0 aliphatic rings. The smallest absolute Gasteiger partial charge is 0.190 e. The minimum atomic E-state index is -1.27. The number of hydrogen-bond acceptors (Lipinski definition) is 3. The van der Waals surface area contributed by atoms with Crippen LogP contribution in [-0.4, -0.2) is 10.8 Å². The van der Waals surface area contributed by atoms with Crippen molar-refractivity contribution in [3.8, 4) is 6.07 Å². The molecule has 20 heavy (non-hydrogen) atoms. The van der Waals surface area contributed by atoms with Crippen LogP contribution in [0.3, 0.4) is 0 Å². The highest BCUT2D eigenvalue weighted by Crippen LogP contribution is 2.26. The van der Waals surface area contributed by atoms with E-state index in [0.717, 1.165) is 12.1 Å². The Morgan fingerprint density at radius 3 is 2.30 bits per heavy atom. The Labute approximate surface area is 122 Å². The summed E-state index contributed by atoms with van der Waals surface area (Å²) in [6, 6.07) is 6.65. The van der Waals surface area contributed by atoms with Crippen LogP contribution in [0.1, 0.15) is 21.8 Å². The lowest BCUT2D eigenvalue weighted by molar-refractivity contribution is 0.0970. The maximum absolute atomic E-state index is 13.8. The molecule has 100 valence electrons. The summed E-state index contributed by atoms with van der Waals surface area (Å²) in [6.45, 7) is 0. The first-order valence-corrected chi connectivity index (χ1v) is 6.32. The van der Waals surface area contributed by atoms with Gasteiger partial charge in [0.05, 0.1) is 11.6 Å². The lowest BCUT2D eigenvalue weighted by Gasteiger charge is -2.10. The van der Waals surface area contributed by atoms with Crippen molar-refractivity contribution in [1.29, 1.82) is 5.26 Å². The minimum absolute atomic E-state index is 0.182. The zero-order chi connectivity index (χ0) is 14.7. The molecule has 1 heterocycles. The monoisotopic (exact) mass is 336 g/mol. The number of ketones is 1. The molecule has 1 atom stereocenters. The van der Waals surface area contributed by atoms with Crippen molar-refractivity contribution in [2.45, 2.75) is 5.92 Å². The van der Waals surface area contributed by atoms with Crippen LogP contribution in [0.4, 0.5) is 8.78 Å². The number of carbonyl (C=O) groups is 1. The van der Waals surface area contributed by atoms with Gasteiger partial charge in [0, 0.05) is 16.9 Å². The molecule has 3 nitrogen and oxygen atoms in total. The van der Waals surface area contributed by atoms with Gasteiger partial charge in [0.2, 0.25) is 0 Å². The normalized spacial score (nSPS) is 11.7. The molecule has 1 aromatic heterocycles. The summed E-state index contributed by atoms with van der Waals surface area (Å²) < 4.78 is 27.7. The van der Waals surface area contributed by atoms with Gasteiger partial charge >= 0.3 is 0 Å². The fourth-order valence-corrected chi connectivity index (χ4v) is 2.16. The highest BCUT2D eigenvalue weighted by atomic mass is 79.9. The molecule has 0 saturated heterocycles. The van der Waals surface area contributed by atoms with Gasteiger partial charge in [0.1, 0.15) is 17.6 Å². The van der Waals surface area contributed by atoms with E-state index >= 15 is 0 Å². The van der Waals surface area contributed by atoms with Gasteiger partial charge in [0.25, 0.3) is 0 Å². The van der Waals surface area contributed by atoms with Gasteiger partial charge in [-0.05, 0) is 29.8 Å². The molecule has 0 saturated carbocycles. The Morgan fingerprint density at radius 2 is 1.80 bits per heavy atom. The van der Waals surface area contributed by atoms with Crippen LogP contribution in [0.25, 0.3) is 0 Å². The fourth-order valence-electron chi connectivity index (χ4n) is 1.76. The maximum Gasteiger partial charge on any atom is 0.190 e. The van der Waals surface area contributed by atoms with Crippen LogP contribution in [0.2, 0.25) is 0 Å². The van der Waals surface area contributed by atoms with E-state index in [1.54, 1.807) is 6.07 Å². The van der Waals surface area contributed by atoms with Crippen molar-refractivity contribution in [3.63, 3.8) is 0 Å². The summed E-state index contributed by atoms with van der Waals surface area (Å²) in [6.07, 6.45) is 2.81. The fraction of sp³-hybridized carbons (Fsp3) is 0.0714. The van der Waals surface area contributed by atoms with Crippen LogP contribution in [0.15, 0.2) is 41.1 Å². The Hall–Kier alpha value is -2.13. The summed E-state index contributed by atoms with van der Waals surface area (Å²) in [7, 11) is 0. The molecular weight excluding hydrogens is 330 g/mol. The number of Topliss-reactive ketones (excluding diaryl/α,β-unsaturated/α-hetero) is 1. The number of aromatic nitrogens is 1. The van der Waals surface area contributed by atoms with Gasteiger partial charge in [0.15, 0.2) is 5.78 Å². The molecule has 0 bridgehead atoms. The predicted molar refractivity (Wildman–Crippen MR) is 71.0 cm³/mol. The predicted octanol–water partition coefficient (Wildman–Crippen LogP) is 3.61. The van der Waals surface area contributed by atoms with E-state index in [9.17, 15) is 13.6 Å². The van der Waals surface area contributed by atoms with Crippen LogP contribution < -0.4 is 0 Å². The van der Waals surface area contributed by atoms with Crippen LogP contribution in [-0.2, 0) is 0 Å². The van der Waals surface area contributed by atoms with Gasteiger partial charge < -0.3 is 0 Å². The summed E-state index contributed by atoms with van der Waals surface area (Å²) in [5.41, 5.74) is -0.370. The van der Waals surface area contributed by atoms with Crippen molar-refractivity contribution in [2.24, 2.45) is 0 Å². The summed E-state index contributed by atoms with van der Waals surface area (Å²) >= 11 is 2.93. The lowest BCUT2D eigenvalue weighted by atomic mass is 9.92. The third-order valence-corrected chi connectivity index (χ3v) is 3.14. The average molecular weight is 337 g/mol. The first-order valence-electron chi connectivity index (χ1n) is 5.53. The maximum atomic E-state index is 13.8. The number of halogens is 3. The zero-order valence-corrected chi connectivity index (χ0v) is 11.6. The van der Waals surface area contributed by atoms with Gasteiger partial charge in [-0.15, -0.1) is 0 Å². The second-order valence-corrected chi connectivity index (χ2v) is 4.87. The number of nitriles is 1. The van der Waals surface area contributed by atoms with Gasteiger partial charge in [-0.25, -0.2) is 8.78 Å². The second-order valence-electron chi connectivity index (χ2n) is 3.95. The van der Waals surface area contributed by atoms with Crippen molar-refractivity contribution >= 4 is 21.7 Å². The number of hydrogen-bond donors (Lipinski definition) is 0. The summed E-state index contributed by atoms with van der Waals surface area (Å²) in [5, 5.41) is 9.10.